The number of aromatic nitrogens is 3. The summed E-state index contributed by atoms with van der Waals surface area (Å²) in [6.07, 6.45) is 7.48. The molecule has 26 heavy (non-hydrogen) atoms. The summed E-state index contributed by atoms with van der Waals surface area (Å²) in [6, 6.07) is 13.9. The van der Waals surface area contributed by atoms with Crippen molar-refractivity contribution in [2.45, 2.75) is 18.9 Å². The first-order valence-corrected chi connectivity index (χ1v) is 8.88. The number of carbonyl (C=O) groups is 1. The van der Waals surface area contributed by atoms with E-state index in [4.69, 9.17) is 0 Å². The van der Waals surface area contributed by atoms with Crippen LogP contribution in [0.4, 0.5) is 0 Å². The average molecular weight is 347 g/mol. The molecule has 2 aromatic heterocycles. The maximum absolute atomic E-state index is 12.8. The van der Waals surface area contributed by atoms with E-state index in [0.29, 0.717) is 23.8 Å². The Kier molecular flexibility index (Phi) is 4.75. The van der Waals surface area contributed by atoms with Gasteiger partial charge in [-0.1, -0.05) is 18.2 Å². The van der Waals surface area contributed by atoms with Gasteiger partial charge in [-0.3, -0.25) is 9.78 Å². The SMILES string of the molecule is O=C(NCC1CCCN1)c1cn(-c2ccccc2)nc1-c1cccnc1. The number of pyridine rings is 1. The van der Waals surface area contributed by atoms with Gasteiger partial charge < -0.3 is 10.6 Å². The smallest absolute Gasteiger partial charge is 0.255 e. The van der Waals surface area contributed by atoms with Crippen LogP contribution in [0.5, 0.6) is 0 Å². The van der Waals surface area contributed by atoms with Crippen molar-refractivity contribution >= 4 is 5.91 Å². The van der Waals surface area contributed by atoms with Crippen molar-refractivity contribution in [2.75, 3.05) is 13.1 Å². The van der Waals surface area contributed by atoms with Crippen molar-refractivity contribution in [3.8, 4) is 16.9 Å². The largest absolute Gasteiger partial charge is 0.350 e. The van der Waals surface area contributed by atoms with Crippen LogP contribution in [-0.2, 0) is 0 Å². The van der Waals surface area contributed by atoms with Gasteiger partial charge in [0.25, 0.3) is 5.91 Å². The summed E-state index contributed by atoms with van der Waals surface area (Å²) < 4.78 is 1.74. The van der Waals surface area contributed by atoms with Crippen LogP contribution >= 0.6 is 0 Å². The van der Waals surface area contributed by atoms with E-state index in [2.05, 4.69) is 20.7 Å². The van der Waals surface area contributed by atoms with Crippen LogP contribution in [-0.4, -0.2) is 39.8 Å². The van der Waals surface area contributed by atoms with Crippen molar-refractivity contribution in [1.29, 1.82) is 0 Å². The highest BCUT2D eigenvalue weighted by molar-refractivity contribution is 5.99. The molecule has 3 heterocycles. The third-order valence-electron chi connectivity index (χ3n) is 4.59. The fourth-order valence-electron chi connectivity index (χ4n) is 3.21. The van der Waals surface area contributed by atoms with Crippen LogP contribution < -0.4 is 10.6 Å². The van der Waals surface area contributed by atoms with Crippen LogP contribution in [0, 0.1) is 0 Å². The molecule has 0 bridgehead atoms. The number of amides is 1. The lowest BCUT2D eigenvalue weighted by molar-refractivity contribution is 0.0951. The minimum atomic E-state index is -0.111. The Morgan fingerprint density at radius 1 is 1.23 bits per heavy atom. The number of hydrogen-bond acceptors (Lipinski definition) is 4. The van der Waals surface area contributed by atoms with Gasteiger partial charge in [-0.15, -0.1) is 0 Å². The van der Waals surface area contributed by atoms with E-state index in [1.165, 1.54) is 0 Å². The van der Waals surface area contributed by atoms with E-state index in [1.807, 2.05) is 42.5 Å². The number of benzene rings is 1. The number of nitrogens with one attached hydrogen (secondary N) is 2. The van der Waals surface area contributed by atoms with Gasteiger partial charge >= 0.3 is 0 Å². The molecule has 0 aliphatic carbocycles. The summed E-state index contributed by atoms with van der Waals surface area (Å²) in [5.74, 6) is -0.111. The molecule has 0 saturated carbocycles. The summed E-state index contributed by atoms with van der Waals surface area (Å²) in [5, 5.41) is 11.1. The quantitative estimate of drug-likeness (QED) is 0.743. The first-order valence-electron chi connectivity index (χ1n) is 8.88. The molecular formula is C20H21N5O. The number of rotatable bonds is 5. The molecule has 1 saturated heterocycles. The molecule has 2 N–H and O–H groups in total. The summed E-state index contributed by atoms with van der Waals surface area (Å²) in [6.45, 7) is 1.65. The minimum Gasteiger partial charge on any atom is -0.350 e. The molecule has 1 aliphatic heterocycles. The van der Waals surface area contributed by atoms with Gasteiger partial charge in [0, 0.05) is 36.7 Å². The molecule has 0 radical (unpaired) electrons. The van der Waals surface area contributed by atoms with Crippen molar-refractivity contribution in [2.24, 2.45) is 0 Å². The lowest BCUT2D eigenvalue weighted by Gasteiger charge is -2.11. The Morgan fingerprint density at radius 3 is 2.85 bits per heavy atom. The summed E-state index contributed by atoms with van der Waals surface area (Å²) >= 11 is 0. The molecule has 3 aromatic rings. The number of nitrogens with zero attached hydrogens (tertiary/aromatic N) is 3. The third-order valence-corrected chi connectivity index (χ3v) is 4.59. The van der Waals surface area contributed by atoms with Crippen LogP contribution in [0.25, 0.3) is 16.9 Å². The number of carbonyl (C=O) groups excluding carboxylic acids is 1. The van der Waals surface area contributed by atoms with Crippen molar-refractivity contribution in [1.82, 2.24) is 25.4 Å². The topological polar surface area (TPSA) is 71.8 Å². The highest BCUT2D eigenvalue weighted by Gasteiger charge is 2.20. The molecule has 1 aliphatic rings. The van der Waals surface area contributed by atoms with E-state index in [-0.39, 0.29) is 5.91 Å². The molecular weight excluding hydrogens is 326 g/mol. The average Bonchev–Trinajstić information content (AvgIpc) is 3.37. The zero-order chi connectivity index (χ0) is 17.8. The minimum absolute atomic E-state index is 0.111. The van der Waals surface area contributed by atoms with E-state index in [9.17, 15) is 4.79 Å². The first kappa shape index (κ1) is 16.5. The van der Waals surface area contributed by atoms with Gasteiger partial charge in [0.2, 0.25) is 0 Å². The summed E-state index contributed by atoms with van der Waals surface area (Å²) in [7, 11) is 0. The zero-order valence-electron chi connectivity index (χ0n) is 14.4. The van der Waals surface area contributed by atoms with Crippen molar-refractivity contribution in [3.05, 3.63) is 66.6 Å². The lowest BCUT2D eigenvalue weighted by Crippen LogP contribution is -2.37. The predicted molar refractivity (Wildman–Crippen MR) is 100 cm³/mol. The van der Waals surface area contributed by atoms with Gasteiger partial charge in [0.05, 0.1) is 11.3 Å². The second-order valence-electron chi connectivity index (χ2n) is 6.42. The Bertz CT molecular complexity index is 870. The lowest BCUT2D eigenvalue weighted by atomic mass is 10.1. The Morgan fingerprint density at radius 2 is 2.12 bits per heavy atom. The standard InChI is InChI=1S/C20H21N5O/c26-20(23-13-16-7-5-11-22-16)18-14-25(17-8-2-1-3-9-17)24-19(18)15-6-4-10-21-12-15/h1-4,6,8-10,12,14,16,22H,5,7,11,13H2,(H,23,26). The summed E-state index contributed by atoms with van der Waals surface area (Å²) in [5.41, 5.74) is 2.93. The molecule has 6 heteroatoms. The summed E-state index contributed by atoms with van der Waals surface area (Å²) in [4.78, 5) is 17.0. The normalized spacial score (nSPS) is 16.5. The van der Waals surface area contributed by atoms with Gasteiger partial charge in [-0.25, -0.2) is 4.68 Å². The number of hydrogen-bond donors (Lipinski definition) is 2. The second kappa shape index (κ2) is 7.49. The molecule has 1 amide bonds. The van der Waals surface area contributed by atoms with Crippen LogP contribution in [0.3, 0.4) is 0 Å². The highest BCUT2D eigenvalue weighted by Crippen LogP contribution is 2.23. The van der Waals surface area contributed by atoms with E-state index in [1.54, 1.807) is 23.3 Å². The molecule has 4 rings (SSSR count). The maximum atomic E-state index is 12.8. The van der Waals surface area contributed by atoms with Gasteiger partial charge in [0.1, 0.15) is 5.69 Å². The van der Waals surface area contributed by atoms with E-state index >= 15 is 0 Å². The van der Waals surface area contributed by atoms with Gasteiger partial charge in [0.15, 0.2) is 0 Å². The molecule has 1 fully saturated rings. The fraction of sp³-hybridized carbons (Fsp3) is 0.250. The van der Waals surface area contributed by atoms with E-state index < -0.39 is 0 Å². The van der Waals surface area contributed by atoms with Gasteiger partial charge in [-0.2, -0.15) is 5.10 Å². The number of para-hydroxylation sites is 1. The highest BCUT2D eigenvalue weighted by atomic mass is 16.1. The molecule has 0 spiro atoms. The first-order chi connectivity index (χ1) is 12.8. The Balaban J connectivity index is 1.65. The van der Waals surface area contributed by atoms with Gasteiger partial charge in [-0.05, 0) is 43.7 Å². The Labute approximate surface area is 152 Å². The fourth-order valence-corrected chi connectivity index (χ4v) is 3.21. The van der Waals surface area contributed by atoms with Crippen LogP contribution in [0.15, 0.2) is 61.1 Å². The maximum Gasteiger partial charge on any atom is 0.255 e. The Hall–Kier alpha value is -2.99. The molecule has 1 unspecified atom stereocenters. The molecule has 6 nitrogen and oxygen atoms in total. The van der Waals surface area contributed by atoms with Crippen molar-refractivity contribution < 1.29 is 4.79 Å². The molecule has 1 atom stereocenters. The van der Waals surface area contributed by atoms with Crippen LogP contribution in [0.1, 0.15) is 23.2 Å². The zero-order valence-corrected chi connectivity index (χ0v) is 14.4. The molecule has 132 valence electrons. The van der Waals surface area contributed by atoms with Crippen molar-refractivity contribution in [3.63, 3.8) is 0 Å². The van der Waals surface area contributed by atoms with E-state index in [0.717, 1.165) is 30.6 Å². The third kappa shape index (κ3) is 3.50. The van der Waals surface area contributed by atoms with Crippen LogP contribution in [0.2, 0.25) is 0 Å². The second-order valence-corrected chi connectivity index (χ2v) is 6.42. The molecule has 1 aromatic carbocycles. The predicted octanol–water partition coefficient (Wildman–Crippen LogP) is 2.42. The monoisotopic (exact) mass is 347 g/mol.